The molecule has 1 N–H and O–H groups in total. The number of anilines is 1. The number of carbonyl (C=O) groups excluding carboxylic acids is 2. The quantitative estimate of drug-likeness (QED) is 0.412. The van der Waals surface area contributed by atoms with Crippen molar-refractivity contribution in [1.82, 2.24) is 10.2 Å². The molecule has 0 heterocycles. The smallest absolute Gasteiger partial charge is 0.264 e. The van der Waals surface area contributed by atoms with Crippen LogP contribution in [0, 0.1) is 13.8 Å². The van der Waals surface area contributed by atoms with E-state index in [4.69, 9.17) is 0 Å². The number of rotatable bonds is 11. The van der Waals surface area contributed by atoms with Gasteiger partial charge in [-0.15, -0.1) is 0 Å². The van der Waals surface area contributed by atoms with E-state index in [1.165, 1.54) is 4.90 Å². The fourth-order valence-electron chi connectivity index (χ4n) is 4.04. The monoisotopic (exact) mass is 521 g/mol. The molecule has 0 saturated heterocycles. The van der Waals surface area contributed by atoms with Gasteiger partial charge in [-0.3, -0.25) is 13.9 Å². The molecule has 1 atom stereocenters. The lowest BCUT2D eigenvalue weighted by atomic mass is 10.1. The van der Waals surface area contributed by atoms with Gasteiger partial charge in [0, 0.05) is 13.1 Å². The fourth-order valence-corrected chi connectivity index (χ4v) is 5.45. The summed E-state index contributed by atoms with van der Waals surface area (Å²) in [5.74, 6) is -0.737. The molecule has 3 aromatic carbocycles. The van der Waals surface area contributed by atoms with Crippen LogP contribution in [0.5, 0.6) is 0 Å². The Bertz CT molecular complexity index is 1310. The van der Waals surface area contributed by atoms with E-state index < -0.39 is 28.5 Å². The first-order valence-corrected chi connectivity index (χ1v) is 13.8. The number of benzene rings is 3. The minimum Gasteiger partial charge on any atom is -0.355 e. The van der Waals surface area contributed by atoms with Crippen molar-refractivity contribution in [3.05, 3.63) is 95.6 Å². The summed E-state index contributed by atoms with van der Waals surface area (Å²) >= 11 is 0. The number of sulfonamides is 1. The Hall–Kier alpha value is -3.65. The molecule has 0 bridgehead atoms. The molecule has 3 rings (SSSR count). The maximum Gasteiger partial charge on any atom is 0.264 e. The zero-order valence-electron chi connectivity index (χ0n) is 21.8. The minimum absolute atomic E-state index is 0.0972. The van der Waals surface area contributed by atoms with Gasteiger partial charge in [-0.2, -0.15) is 0 Å². The Balaban J connectivity index is 1.97. The maximum absolute atomic E-state index is 13.8. The van der Waals surface area contributed by atoms with Gasteiger partial charge < -0.3 is 10.2 Å². The van der Waals surface area contributed by atoms with Crippen LogP contribution in [0.4, 0.5) is 5.69 Å². The average Bonchev–Trinajstić information content (AvgIpc) is 2.88. The van der Waals surface area contributed by atoms with E-state index in [2.05, 4.69) is 5.32 Å². The van der Waals surface area contributed by atoms with E-state index >= 15 is 0 Å². The third-order valence-corrected chi connectivity index (χ3v) is 7.97. The lowest BCUT2D eigenvalue weighted by Crippen LogP contribution is -2.52. The van der Waals surface area contributed by atoms with Gasteiger partial charge in [-0.1, -0.05) is 60.2 Å². The average molecular weight is 522 g/mol. The summed E-state index contributed by atoms with van der Waals surface area (Å²) < 4.78 is 28.7. The Morgan fingerprint density at radius 2 is 1.57 bits per heavy atom. The first kappa shape index (κ1) is 27.9. The highest BCUT2D eigenvalue weighted by Crippen LogP contribution is 2.25. The van der Waals surface area contributed by atoms with Crippen LogP contribution in [0.3, 0.4) is 0 Å². The number of likely N-dealkylation sites (N-methyl/N-ethyl adjacent to an activating group) is 1. The van der Waals surface area contributed by atoms with Crippen LogP contribution in [0.15, 0.2) is 83.8 Å². The molecule has 0 aromatic heterocycles. The third-order valence-electron chi connectivity index (χ3n) is 6.18. The molecular weight excluding hydrogens is 486 g/mol. The molecule has 0 aliphatic carbocycles. The number of amides is 2. The van der Waals surface area contributed by atoms with Gasteiger partial charge in [0.05, 0.1) is 10.6 Å². The fraction of sp³-hybridized carbons (Fsp3) is 0.310. The standard InChI is InChI=1S/C29H35N3O4S/c1-5-30-29(34)24(4)31(19-18-25-11-7-6-8-12-25)28(33)21-32(26-13-9-10-23(3)20-26)37(35,36)27-16-14-22(2)15-17-27/h6-17,20,24H,5,18-19,21H2,1-4H3,(H,30,34)/t24-/m0/s1. The molecule has 0 aliphatic rings. The van der Waals surface area contributed by atoms with Gasteiger partial charge in [0.15, 0.2) is 0 Å². The van der Waals surface area contributed by atoms with Gasteiger partial charge in [0.1, 0.15) is 12.6 Å². The van der Waals surface area contributed by atoms with Crippen LogP contribution in [-0.2, 0) is 26.0 Å². The second kappa shape index (κ2) is 12.5. The Kier molecular flexibility index (Phi) is 9.47. The number of carbonyl (C=O) groups is 2. The van der Waals surface area contributed by atoms with Crippen molar-refractivity contribution >= 4 is 27.5 Å². The van der Waals surface area contributed by atoms with Crippen molar-refractivity contribution in [3.8, 4) is 0 Å². The lowest BCUT2D eigenvalue weighted by molar-refractivity contribution is -0.138. The molecule has 3 aromatic rings. The number of nitrogens with zero attached hydrogens (tertiary/aromatic N) is 2. The largest absolute Gasteiger partial charge is 0.355 e. The molecule has 0 unspecified atom stereocenters. The van der Waals surface area contributed by atoms with Crippen molar-refractivity contribution in [1.29, 1.82) is 0 Å². The lowest BCUT2D eigenvalue weighted by Gasteiger charge is -2.32. The molecule has 2 amide bonds. The second-order valence-electron chi connectivity index (χ2n) is 9.06. The van der Waals surface area contributed by atoms with Gasteiger partial charge in [0.2, 0.25) is 11.8 Å². The van der Waals surface area contributed by atoms with Crippen LogP contribution >= 0.6 is 0 Å². The van der Waals surface area contributed by atoms with E-state index in [-0.39, 0.29) is 17.3 Å². The number of nitrogens with one attached hydrogen (secondary N) is 1. The maximum atomic E-state index is 13.8. The Morgan fingerprint density at radius 1 is 0.892 bits per heavy atom. The molecule has 37 heavy (non-hydrogen) atoms. The van der Waals surface area contributed by atoms with Crippen molar-refractivity contribution < 1.29 is 18.0 Å². The van der Waals surface area contributed by atoms with Gasteiger partial charge >= 0.3 is 0 Å². The van der Waals surface area contributed by atoms with Crippen LogP contribution in [-0.4, -0.2) is 50.8 Å². The summed E-state index contributed by atoms with van der Waals surface area (Å²) in [6, 6.07) is 22.5. The zero-order valence-corrected chi connectivity index (χ0v) is 22.7. The molecule has 0 spiro atoms. The highest BCUT2D eigenvalue weighted by molar-refractivity contribution is 7.92. The van der Waals surface area contributed by atoms with Crippen LogP contribution in [0.25, 0.3) is 0 Å². The highest BCUT2D eigenvalue weighted by Gasteiger charge is 2.32. The summed E-state index contributed by atoms with van der Waals surface area (Å²) in [5.41, 5.74) is 3.21. The van der Waals surface area contributed by atoms with Crippen molar-refractivity contribution in [2.75, 3.05) is 23.9 Å². The SMILES string of the molecule is CCNC(=O)[C@H](C)N(CCc1ccccc1)C(=O)CN(c1cccc(C)c1)S(=O)(=O)c1ccc(C)cc1. The van der Waals surface area contributed by atoms with Crippen molar-refractivity contribution in [2.24, 2.45) is 0 Å². The summed E-state index contributed by atoms with van der Waals surface area (Å²) in [6.07, 6.45) is 0.533. The van der Waals surface area contributed by atoms with Crippen molar-refractivity contribution in [2.45, 2.75) is 45.1 Å². The molecule has 0 saturated carbocycles. The summed E-state index contributed by atoms with van der Waals surface area (Å²) in [6.45, 7) is 7.50. The first-order chi connectivity index (χ1) is 17.6. The molecule has 196 valence electrons. The van der Waals surface area contributed by atoms with Crippen LogP contribution in [0.2, 0.25) is 0 Å². The topological polar surface area (TPSA) is 86.8 Å². The van der Waals surface area contributed by atoms with Gasteiger partial charge in [0.25, 0.3) is 10.0 Å². The van der Waals surface area contributed by atoms with Crippen LogP contribution < -0.4 is 9.62 Å². The number of hydrogen-bond acceptors (Lipinski definition) is 4. The Morgan fingerprint density at radius 3 is 2.19 bits per heavy atom. The molecular formula is C29H35N3O4S. The molecule has 0 fully saturated rings. The summed E-state index contributed by atoms with van der Waals surface area (Å²) in [7, 11) is -4.05. The number of hydrogen-bond donors (Lipinski definition) is 1. The van der Waals surface area contributed by atoms with E-state index in [0.717, 1.165) is 21.0 Å². The van der Waals surface area contributed by atoms with E-state index in [1.807, 2.05) is 57.2 Å². The predicted octanol–water partition coefficient (Wildman–Crippen LogP) is 4.09. The summed E-state index contributed by atoms with van der Waals surface area (Å²) in [4.78, 5) is 28.0. The van der Waals surface area contributed by atoms with Gasteiger partial charge in [-0.25, -0.2) is 8.42 Å². The van der Waals surface area contributed by atoms with E-state index in [9.17, 15) is 18.0 Å². The predicted molar refractivity (Wildman–Crippen MR) is 147 cm³/mol. The third kappa shape index (κ3) is 7.20. The number of aryl methyl sites for hydroxylation is 2. The van der Waals surface area contributed by atoms with E-state index in [0.29, 0.717) is 18.7 Å². The highest BCUT2D eigenvalue weighted by atomic mass is 32.2. The first-order valence-electron chi connectivity index (χ1n) is 12.4. The van der Waals surface area contributed by atoms with Gasteiger partial charge in [-0.05, 0) is 69.5 Å². The molecule has 0 radical (unpaired) electrons. The van der Waals surface area contributed by atoms with Crippen molar-refractivity contribution in [3.63, 3.8) is 0 Å². The minimum atomic E-state index is -4.05. The normalized spacial score (nSPS) is 12.0. The van der Waals surface area contributed by atoms with E-state index in [1.54, 1.807) is 49.4 Å². The molecule has 0 aliphatic heterocycles. The molecule has 7 nitrogen and oxygen atoms in total. The zero-order chi connectivity index (χ0) is 27.0. The summed E-state index contributed by atoms with van der Waals surface area (Å²) in [5, 5.41) is 2.77. The Labute approximate surface area is 220 Å². The second-order valence-corrected chi connectivity index (χ2v) is 10.9. The van der Waals surface area contributed by atoms with Crippen LogP contribution in [0.1, 0.15) is 30.5 Å². The molecule has 8 heteroatoms.